The highest BCUT2D eigenvalue weighted by Gasteiger charge is 2.19. The summed E-state index contributed by atoms with van der Waals surface area (Å²) in [6, 6.07) is 14.6. The molecule has 184 valence electrons. The summed E-state index contributed by atoms with van der Waals surface area (Å²) in [7, 11) is 0. The third-order valence-corrected chi connectivity index (χ3v) is 6.35. The van der Waals surface area contributed by atoms with Crippen molar-refractivity contribution in [2.24, 2.45) is 5.10 Å². The maximum absolute atomic E-state index is 13.3. The molecule has 0 saturated carbocycles. The van der Waals surface area contributed by atoms with E-state index in [4.69, 9.17) is 27.9 Å². The van der Waals surface area contributed by atoms with Gasteiger partial charge in [-0.15, -0.1) is 0 Å². The first-order valence-electron chi connectivity index (χ1n) is 10.9. The summed E-state index contributed by atoms with van der Waals surface area (Å²) >= 11 is 15.6. The van der Waals surface area contributed by atoms with E-state index in [0.29, 0.717) is 44.3 Å². The molecule has 11 heteroatoms. The van der Waals surface area contributed by atoms with Crippen molar-refractivity contribution in [3.05, 3.63) is 107 Å². The van der Waals surface area contributed by atoms with Crippen LogP contribution in [0.5, 0.6) is 5.75 Å². The van der Waals surface area contributed by atoms with Crippen molar-refractivity contribution in [1.29, 1.82) is 0 Å². The van der Waals surface area contributed by atoms with E-state index >= 15 is 0 Å². The molecule has 4 rings (SSSR count). The summed E-state index contributed by atoms with van der Waals surface area (Å²) in [6.45, 7) is 1.94. The lowest BCUT2D eigenvalue weighted by atomic mass is 10.2. The summed E-state index contributed by atoms with van der Waals surface area (Å²) in [6.07, 6.45) is 2.63. The fraction of sp³-hybridized carbons (Fsp3) is 0.160. The summed E-state index contributed by atoms with van der Waals surface area (Å²) in [5.74, 6) is 0.480. The molecular weight excluding hydrogens is 571 g/mol. The van der Waals surface area contributed by atoms with Crippen LogP contribution >= 0.6 is 39.1 Å². The second-order valence-corrected chi connectivity index (χ2v) is 9.54. The Bertz CT molecular complexity index is 1560. The molecule has 0 spiro atoms. The predicted octanol–water partition coefficient (Wildman–Crippen LogP) is 6.79. The lowest BCUT2D eigenvalue weighted by Gasteiger charge is -2.12. The van der Waals surface area contributed by atoms with Crippen molar-refractivity contribution in [1.82, 2.24) is 9.66 Å². The molecule has 0 aliphatic carbocycles. The van der Waals surface area contributed by atoms with Gasteiger partial charge in [-0.25, -0.2) is 4.98 Å². The van der Waals surface area contributed by atoms with E-state index in [2.05, 4.69) is 26.0 Å². The molecule has 0 amide bonds. The van der Waals surface area contributed by atoms with Gasteiger partial charge in [0.25, 0.3) is 5.56 Å². The SMILES string of the molecule is CCCc1nc2ccc(Br)cc2c(=O)n1N=Cc1cccc([N+](=O)[O-])c1OCc1ccc(Cl)cc1Cl. The molecule has 8 nitrogen and oxygen atoms in total. The zero-order chi connectivity index (χ0) is 25.8. The van der Waals surface area contributed by atoms with Gasteiger partial charge in [0.2, 0.25) is 5.75 Å². The van der Waals surface area contributed by atoms with Crippen molar-refractivity contribution in [3.63, 3.8) is 0 Å². The topological polar surface area (TPSA) is 99.6 Å². The Morgan fingerprint density at radius 3 is 2.72 bits per heavy atom. The number of nitrogens with zero attached hydrogens (tertiary/aromatic N) is 4. The minimum Gasteiger partial charge on any atom is -0.481 e. The van der Waals surface area contributed by atoms with Crippen LogP contribution in [0.2, 0.25) is 10.0 Å². The molecule has 0 N–H and O–H groups in total. The minimum absolute atomic E-state index is 0.00106. The van der Waals surface area contributed by atoms with E-state index in [1.165, 1.54) is 23.0 Å². The monoisotopic (exact) mass is 588 g/mol. The van der Waals surface area contributed by atoms with Crippen LogP contribution < -0.4 is 10.3 Å². The number of benzene rings is 3. The number of aryl methyl sites for hydroxylation is 1. The number of ether oxygens (including phenoxy) is 1. The van der Waals surface area contributed by atoms with Crippen LogP contribution in [-0.4, -0.2) is 20.8 Å². The van der Waals surface area contributed by atoms with Crippen LogP contribution in [0.25, 0.3) is 10.9 Å². The van der Waals surface area contributed by atoms with E-state index < -0.39 is 4.92 Å². The molecule has 3 aromatic carbocycles. The van der Waals surface area contributed by atoms with Gasteiger partial charge in [0.05, 0.1) is 22.0 Å². The summed E-state index contributed by atoms with van der Waals surface area (Å²) in [5, 5.41) is 17.3. The number of hydrogen-bond acceptors (Lipinski definition) is 6. The molecular formula is C25H19BrCl2N4O4. The average molecular weight is 590 g/mol. The van der Waals surface area contributed by atoms with Crippen LogP contribution in [0.15, 0.2) is 69.0 Å². The molecule has 0 radical (unpaired) electrons. The van der Waals surface area contributed by atoms with Gasteiger partial charge in [-0.1, -0.05) is 58.2 Å². The second kappa shape index (κ2) is 11.2. The van der Waals surface area contributed by atoms with Gasteiger partial charge in [-0.3, -0.25) is 14.9 Å². The zero-order valence-electron chi connectivity index (χ0n) is 19.0. The van der Waals surface area contributed by atoms with E-state index in [9.17, 15) is 14.9 Å². The number of hydrogen-bond donors (Lipinski definition) is 0. The highest BCUT2D eigenvalue weighted by atomic mass is 79.9. The molecule has 0 aliphatic heterocycles. The Morgan fingerprint density at radius 2 is 2.00 bits per heavy atom. The first-order chi connectivity index (χ1) is 17.3. The first kappa shape index (κ1) is 25.8. The minimum atomic E-state index is -0.542. The number of nitro benzene ring substituents is 1. The van der Waals surface area contributed by atoms with Crippen LogP contribution in [-0.2, 0) is 13.0 Å². The number of para-hydroxylation sites is 1. The molecule has 0 atom stereocenters. The summed E-state index contributed by atoms with van der Waals surface area (Å²) in [5.41, 5.74) is 0.899. The number of aromatic nitrogens is 2. The van der Waals surface area contributed by atoms with Crippen molar-refractivity contribution in [2.75, 3.05) is 0 Å². The van der Waals surface area contributed by atoms with Crippen molar-refractivity contribution in [2.45, 2.75) is 26.4 Å². The quantitative estimate of drug-likeness (QED) is 0.128. The smallest absolute Gasteiger partial charge is 0.311 e. The highest BCUT2D eigenvalue weighted by molar-refractivity contribution is 9.10. The predicted molar refractivity (Wildman–Crippen MR) is 145 cm³/mol. The van der Waals surface area contributed by atoms with Crippen molar-refractivity contribution < 1.29 is 9.66 Å². The van der Waals surface area contributed by atoms with E-state index in [-0.39, 0.29) is 23.6 Å². The fourth-order valence-corrected chi connectivity index (χ4v) is 4.38. The normalized spacial score (nSPS) is 11.3. The number of halogens is 3. The van der Waals surface area contributed by atoms with Crippen LogP contribution in [0, 0.1) is 10.1 Å². The largest absolute Gasteiger partial charge is 0.481 e. The second-order valence-electron chi connectivity index (χ2n) is 7.78. The van der Waals surface area contributed by atoms with Gasteiger partial charge >= 0.3 is 5.69 Å². The molecule has 4 aromatic rings. The molecule has 0 bridgehead atoms. The molecule has 36 heavy (non-hydrogen) atoms. The zero-order valence-corrected chi connectivity index (χ0v) is 22.0. The van der Waals surface area contributed by atoms with Crippen LogP contribution in [0.3, 0.4) is 0 Å². The molecule has 0 fully saturated rings. The Kier molecular flexibility index (Phi) is 8.03. The van der Waals surface area contributed by atoms with Crippen molar-refractivity contribution >= 4 is 61.9 Å². The third kappa shape index (κ3) is 5.59. The number of nitro groups is 1. The number of rotatable bonds is 8. The Hall–Kier alpha value is -3.27. The fourth-order valence-electron chi connectivity index (χ4n) is 3.55. The molecule has 0 aliphatic rings. The van der Waals surface area contributed by atoms with Crippen LogP contribution in [0.4, 0.5) is 5.69 Å². The van der Waals surface area contributed by atoms with Gasteiger partial charge in [0, 0.05) is 38.1 Å². The molecule has 1 aromatic heterocycles. The number of fused-ring (bicyclic) bond motifs is 1. The average Bonchev–Trinajstić information content (AvgIpc) is 2.84. The Balaban J connectivity index is 1.77. The lowest BCUT2D eigenvalue weighted by molar-refractivity contribution is -0.385. The maximum atomic E-state index is 13.3. The van der Waals surface area contributed by atoms with Gasteiger partial charge < -0.3 is 4.74 Å². The molecule has 0 saturated heterocycles. The standard InChI is InChI=1S/C25H19BrCl2N4O4/c1-2-4-23-30-21-10-8-17(26)11-19(21)25(33)31(23)29-13-15-5-3-6-22(32(34)35)24(15)36-14-16-7-9-18(27)12-20(16)28/h3,5-13H,2,4,14H2,1H3. The maximum Gasteiger partial charge on any atom is 0.311 e. The Labute approximate surface area is 224 Å². The lowest BCUT2D eigenvalue weighted by Crippen LogP contribution is -2.22. The Morgan fingerprint density at radius 1 is 1.19 bits per heavy atom. The van der Waals surface area contributed by atoms with Gasteiger partial charge in [0.1, 0.15) is 12.4 Å². The van der Waals surface area contributed by atoms with Crippen LogP contribution in [0.1, 0.15) is 30.3 Å². The van der Waals surface area contributed by atoms with E-state index in [0.717, 1.165) is 10.9 Å². The molecule has 1 heterocycles. The van der Waals surface area contributed by atoms with E-state index in [1.807, 2.05) is 13.0 Å². The third-order valence-electron chi connectivity index (χ3n) is 5.27. The highest BCUT2D eigenvalue weighted by Crippen LogP contribution is 2.32. The summed E-state index contributed by atoms with van der Waals surface area (Å²) in [4.78, 5) is 29.0. The van der Waals surface area contributed by atoms with Gasteiger partial charge in [0.15, 0.2) is 0 Å². The summed E-state index contributed by atoms with van der Waals surface area (Å²) < 4.78 is 7.81. The van der Waals surface area contributed by atoms with Crippen molar-refractivity contribution in [3.8, 4) is 5.75 Å². The first-order valence-corrected chi connectivity index (χ1v) is 12.4. The molecule has 0 unspecified atom stereocenters. The van der Waals surface area contributed by atoms with Gasteiger partial charge in [-0.05, 0) is 42.8 Å². The van der Waals surface area contributed by atoms with Gasteiger partial charge in [-0.2, -0.15) is 9.78 Å². The van der Waals surface area contributed by atoms with E-state index in [1.54, 1.807) is 36.4 Å².